The van der Waals surface area contributed by atoms with Gasteiger partial charge in [-0.3, -0.25) is 29.3 Å². The Hall–Kier alpha value is -3.54. The number of aliphatic carboxylic acids is 1. The van der Waals surface area contributed by atoms with Crippen LogP contribution in [-0.4, -0.2) is 69.4 Å². The third-order valence-corrected chi connectivity index (χ3v) is 9.24. The van der Waals surface area contributed by atoms with Crippen LogP contribution in [0, 0.1) is 5.92 Å². The normalized spacial score (nSPS) is 15.5. The second-order valence-corrected chi connectivity index (χ2v) is 13.5. The molecule has 1 aliphatic heterocycles. The number of halogens is 1. The number of carbonyl (C=O) groups excluding carboxylic acids is 2. The molecule has 0 saturated carbocycles. The smallest absolute Gasteiger partial charge is 0.328 e. The lowest BCUT2D eigenvalue weighted by Gasteiger charge is -2.16. The van der Waals surface area contributed by atoms with Gasteiger partial charge in [0.2, 0.25) is 5.91 Å². The predicted molar refractivity (Wildman–Crippen MR) is 149 cm³/mol. The van der Waals surface area contributed by atoms with Crippen molar-refractivity contribution in [1.29, 1.82) is 0 Å². The third kappa shape index (κ3) is 9.58. The van der Waals surface area contributed by atoms with Crippen LogP contribution >= 0.6 is 34.3 Å². The Morgan fingerprint density at radius 1 is 1.27 bits per heavy atom. The number of sulfone groups is 1. The Morgan fingerprint density at radius 3 is 2.60 bits per heavy atom. The molecule has 40 heavy (non-hydrogen) atoms. The topological polar surface area (TPSA) is 201 Å². The van der Waals surface area contributed by atoms with E-state index in [-0.39, 0.29) is 36.9 Å². The molecule has 0 radical (unpaired) electrons. The van der Waals surface area contributed by atoms with Crippen LogP contribution in [-0.2, 0) is 39.1 Å². The number of thiophene rings is 1. The highest BCUT2D eigenvalue weighted by Gasteiger charge is 2.32. The molecule has 1 unspecified atom stereocenters. The molecule has 4 heterocycles. The number of urea groups is 1. The number of anilines is 1. The van der Waals surface area contributed by atoms with E-state index in [0.717, 1.165) is 9.44 Å². The summed E-state index contributed by atoms with van der Waals surface area (Å²) in [6.45, 7) is 0.337. The van der Waals surface area contributed by atoms with Crippen molar-refractivity contribution in [1.82, 2.24) is 24.8 Å². The number of nitrogens with zero attached hydrogens (tertiary/aromatic N) is 3. The van der Waals surface area contributed by atoms with Crippen molar-refractivity contribution in [2.75, 3.05) is 23.9 Å². The highest BCUT2D eigenvalue weighted by molar-refractivity contribution is 7.91. The van der Waals surface area contributed by atoms with Gasteiger partial charge in [-0.1, -0.05) is 11.6 Å². The minimum Gasteiger partial charge on any atom is -0.481 e. The van der Waals surface area contributed by atoms with Gasteiger partial charge < -0.3 is 15.3 Å². The molecule has 0 aromatic carbocycles. The largest absolute Gasteiger partial charge is 0.481 e. The molecule has 14 nitrogen and oxygen atoms in total. The molecule has 216 valence electrons. The first kappa shape index (κ1) is 31.0. The molecular weight excluding hydrogens is 608 g/mol. The minimum atomic E-state index is -3.02. The first-order valence-electron chi connectivity index (χ1n) is 11.5. The maximum absolute atomic E-state index is 12.3. The van der Waals surface area contributed by atoms with E-state index in [1.807, 2.05) is 6.07 Å². The number of carboxylic acid groups (broad SMARTS) is 1. The van der Waals surface area contributed by atoms with Gasteiger partial charge in [0.15, 0.2) is 15.0 Å². The highest BCUT2D eigenvalue weighted by atomic mass is 35.5. The molecule has 1 saturated heterocycles. The molecule has 0 bridgehead atoms. The monoisotopic (exact) mass is 632 g/mol. The number of thiazole rings is 1. The van der Waals surface area contributed by atoms with Crippen molar-refractivity contribution < 1.29 is 27.9 Å². The standard InChI is InChI=1S/C17H17ClN6O4S2.C5H8O4S/c1-23(14(26)8-24-5-4-13(25)21-17(24)28)7-10-9-29-16(20-10)22-15(27)19-6-11-2-3-12(18)30-11;6-5(7)4-1-2-10(8,9)3-4/h2-5,9H,6-8H2,1H3,(H,21,25,28)(H2,19,20,22,27);4H,1-3H2,(H,6,7). The van der Waals surface area contributed by atoms with Gasteiger partial charge in [-0.25, -0.2) is 23.0 Å². The molecule has 18 heteroatoms. The molecule has 4 rings (SSSR count). The number of carbonyl (C=O) groups is 3. The number of hydrogen-bond acceptors (Lipinski definition) is 10. The number of H-pyrrole nitrogens is 1. The van der Waals surface area contributed by atoms with Crippen LogP contribution in [0.2, 0.25) is 4.34 Å². The lowest BCUT2D eigenvalue weighted by molar-refractivity contribution is -0.140. The summed E-state index contributed by atoms with van der Waals surface area (Å²) in [6.07, 6.45) is 1.54. The van der Waals surface area contributed by atoms with Crippen LogP contribution < -0.4 is 21.9 Å². The summed E-state index contributed by atoms with van der Waals surface area (Å²) in [5.74, 6) is -2.14. The summed E-state index contributed by atoms with van der Waals surface area (Å²) >= 11 is 8.47. The summed E-state index contributed by atoms with van der Waals surface area (Å²) < 4.78 is 23.1. The number of likely N-dealkylation sites (N-methyl/N-ethyl adjacent to an activating group) is 1. The number of carboxylic acids is 1. The summed E-state index contributed by atoms with van der Waals surface area (Å²) in [5.41, 5.74) is -0.590. The van der Waals surface area contributed by atoms with E-state index in [2.05, 4.69) is 20.6 Å². The van der Waals surface area contributed by atoms with Crippen molar-refractivity contribution in [2.24, 2.45) is 5.92 Å². The Kier molecular flexibility index (Phi) is 10.6. The van der Waals surface area contributed by atoms with Gasteiger partial charge in [0.05, 0.1) is 40.5 Å². The van der Waals surface area contributed by atoms with Crippen LogP contribution in [0.4, 0.5) is 9.93 Å². The molecule has 1 fully saturated rings. The quantitative estimate of drug-likeness (QED) is 0.281. The van der Waals surface area contributed by atoms with E-state index in [1.54, 1.807) is 18.5 Å². The van der Waals surface area contributed by atoms with Gasteiger partial charge in [0.25, 0.3) is 5.56 Å². The summed E-state index contributed by atoms with van der Waals surface area (Å²) in [4.78, 5) is 66.0. The molecule has 3 aromatic heterocycles. The van der Waals surface area contributed by atoms with E-state index in [1.165, 1.54) is 39.8 Å². The Morgan fingerprint density at radius 2 is 2.02 bits per heavy atom. The Balaban J connectivity index is 0.000000371. The number of rotatable bonds is 8. The third-order valence-electron chi connectivity index (χ3n) is 5.43. The maximum atomic E-state index is 12.3. The predicted octanol–water partition coefficient (Wildman–Crippen LogP) is 1.19. The van der Waals surface area contributed by atoms with Crippen LogP contribution in [0.5, 0.6) is 0 Å². The number of hydrogen-bond donors (Lipinski definition) is 4. The van der Waals surface area contributed by atoms with Crippen molar-refractivity contribution in [3.05, 3.63) is 65.5 Å². The molecule has 1 atom stereocenters. The van der Waals surface area contributed by atoms with Gasteiger partial charge in [-0.2, -0.15) is 0 Å². The number of aromatic nitrogens is 3. The lowest BCUT2D eigenvalue weighted by Crippen LogP contribution is -2.36. The SMILES string of the molecule is CN(Cc1csc(NC(=O)NCc2ccc(Cl)s2)n1)C(=O)Cn1ccc(=O)[nH]c1=O.O=C(O)C1CCS(=O)(=O)C1. The minimum absolute atomic E-state index is 0.0317. The second-order valence-electron chi connectivity index (χ2n) is 8.58. The van der Waals surface area contributed by atoms with Crippen molar-refractivity contribution in [2.45, 2.75) is 26.1 Å². The van der Waals surface area contributed by atoms with Gasteiger partial charge >= 0.3 is 17.7 Å². The fourth-order valence-corrected chi connectivity index (χ4v) is 6.80. The molecule has 3 aromatic rings. The zero-order valence-electron chi connectivity index (χ0n) is 21.0. The number of aromatic amines is 1. The van der Waals surface area contributed by atoms with Gasteiger partial charge in [-0.15, -0.1) is 22.7 Å². The Bertz CT molecular complexity index is 1600. The lowest BCUT2D eigenvalue weighted by atomic mass is 10.1. The van der Waals surface area contributed by atoms with Gasteiger partial charge in [0, 0.05) is 29.6 Å². The summed E-state index contributed by atoms with van der Waals surface area (Å²) in [7, 11) is -1.45. The number of amides is 3. The average Bonchev–Trinajstić information content (AvgIpc) is 3.59. The van der Waals surface area contributed by atoms with Crippen molar-refractivity contribution >= 4 is 67.2 Å². The van der Waals surface area contributed by atoms with Gasteiger partial charge in [0.1, 0.15) is 6.54 Å². The van der Waals surface area contributed by atoms with Crippen molar-refractivity contribution in [3.8, 4) is 0 Å². The van der Waals surface area contributed by atoms with E-state index >= 15 is 0 Å². The summed E-state index contributed by atoms with van der Waals surface area (Å²) in [6, 6.07) is 4.37. The molecule has 4 N–H and O–H groups in total. The fourth-order valence-electron chi connectivity index (χ4n) is 3.35. The van der Waals surface area contributed by atoms with Crippen LogP contribution in [0.25, 0.3) is 0 Å². The Labute approximate surface area is 240 Å². The molecule has 0 spiro atoms. The van der Waals surface area contributed by atoms with E-state index < -0.39 is 39.0 Å². The van der Waals surface area contributed by atoms with E-state index in [4.69, 9.17) is 16.7 Å². The highest BCUT2D eigenvalue weighted by Crippen LogP contribution is 2.21. The molecule has 3 amide bonds. The summed E-state index contributed by atoms with van der Waals surface area (Å²) in [5, 5.41) is 15.9. The zero-order chi connectivity index (χ0) is 29.4. The molecule has 0 aliphatic carbocycles. The average molecular weight is 633 g/mol. The number of nitrogens with one attached hydrogen (secondary N) is 3. The zero-order valence-corrected chi connectivity index (χ0v) is 24.2. The first-order valence-corrected chi connectivity index (χ1v) is 15.4. The maximum Gasteiger partial charge on any atom is 0.328 e. The fraction of sp³-hybridized carbons (Fsp3) is 0.364. The first-order chi connectivity index (χ1) is 18.8. The second kappa shape index (κ2) is 13.7. The van der Waals surface area contributed by atoms with Crippen molar-refractivity contribution in [3.63, 3.8) is 0 Å². The van der Waals surface area contributed by atoms with Crippen LogP contribution in [0.3, 0.4) is 0 Å². The van der Waals surface area contributed by atoms with E-state index in [0.29, 0.717) is 21.7 Å². The molecular formula is C22H25ClN6O8S3. The van der Waals surface area contributed by atoms with E-state index in [9.17, 15) is 32.4 Å². The van der Waals surface area contributed by atoms with Gasteiger partial charge in [-0.05, 0) is 18.6 Å². The van der Waals surface area contributed by atoms with Crippen LogP contribution in [0.15, 0.2) is 39.4 Å². The van der Waals surface area contributed by atoms with Crippen LogP contribution in [0.1, 0.15) is 17.0 Å². The molecule has 1 aliphatic rings.